The van der Waals surface area contributed by atoms with Gasteiger partial charge in [-0.3, -0.25) is 4.90 Å². The third kappa shape index (κ3) is 0.906. The van der Waals surface area contributed by atoms with Crippen LogP contribution in [0.15, 0.2) is 0 Å². The topological polar surface area (TPSA) is 63.9 Å². The maximum Gasteiger partial charge on any atom is 0.206 e. The largest absolute Gasteiger partial charge is 0.386 e. The molecular weight excluding hydrogens is 146 g/mol. The van der Waals surface area contributed by atoms with Gasteiger partial charge in [0.2, 0.25) is 5.79 Å². The van der Waals surface area contributed by atoms with E-state index < -0.39 is 11.9 Å². The van der Waals surface area contributed by atoms with Crippen molar-refractivity contribution in [1.29, 1.82) is 0 Å². The van der Waals surface area contributed by atoms with Crippen LogP contribution in [0.25, 0.3) is 0 Å². The lowest BCUT2D eigenvalue weighted by Gasteiger charge is -2.25. The highest BCUT2D eigenvalue weighted by atomic mass is 16.5. The fraction of sp³-hybridized carbons (Fsp3) is 1.00. The summed E-state index contributed by atoms with van der Waals surface area (Å²) in [5.74, 6) is -1.86. The van der Waals surface area contributed by atoms with E-state index in [1.165, 1.54) is 0 Å². The zero-order chi connectivity index (χ0) is 8.06. The van der Waals surface area contributed by atoms with Crippen molar-refractivity contribution in [2.75, 3.05) is 13.1 Å². The highest BCUT2D eigenvalue weighted by molar-refractivity contribution is 5.01. The third-order valence-corrected chi connectivity index (χ3v) is 2.75. The average molecular weight is 159 g/mol. The molecule has 0 aliphatic carbocycles. The Labute approximate surface area is 65.1 Å². The molecule has 2 saturated heterocycles. The highest BCUT2D eigenvalue weighted by Crippen LogP contribution is 2.34. The van der Waals surface area contributed by atoms with Crippen LogP contribution in [0.1, 0.15) is 12.8 Å². The van der Waals surface area contributed by atoms with Crippen molar-refractivity contribution in [2.24, 2.45) is 0 Å². The molecule has 2 aliphatic heterocycles. The highest BCUT2D eigenvalue weighted by Gasteiger charge is 2.53. The number of rotatable bonds is 0. The molecule has 4 heteroatoms. The van der Waals surface area contributed by atoms with Crippen LogP contribution in [0.3, 0.4) is 0 Å². The molecule has 0 saturated carbocycles. The van der Waals surface area contributed by atoms with Gasteiger partial charge < -0.3 is 15.3 Å². The maximum absolute atomic E-state index is 9.40. The Bertz CT molecular complexity index is 171. The van der Waals surface area contributed by atoms with Crippen molar-refractivity contribution >= 4 is 0 Å². The van der Waals surface area contributed by atoms with Gasteiger partial charge in [-0.1, -0.05) is 0 Å². The van der Waals surface area contributed by atoms with E-state index in [1.54, 1.807) is 0 Å². The van der Waals surface area contributed by atoms with Crippen LogP contribution in [0.2, 0.25) is 0 Å². The molecule has 2 rings (SSSR count). The minimum atomic E-state index is -1.86. The summed E-state index contributed by atoms with van der Waals surface area (Å²) in [6, 6.07) is -0.238. The van der Waals surface area contributed by atoms with E-state index in [4.69, 9.17) is 0 Å². The van der Waals surface area contributed by atoms with Crippen LogP contribution < -0.4 is 0 Å². The van der Waals surface area contributed by atoms with Crippen molar-refractivity contribution in [3.63, 3.8) is 0 Å². The molecule has 0 spiro atoms. The Morgan fingerprint density at radius 1 is 1.36 bits per heavy atom. The maximum atomic E-state index is 9.40. The van der Waals surface area contributed by atoms with Crippen molar-refractivity contribution in [3.8, 4) is 0 Å². The summed E-state index contributed by atoms with van der Waals surface area (Å²) in [5, 5.41) is 28.0. The summed E-state index contributed by atoms with van der Waals surface area (Å²) in [7, 11) is 0. The quantitative estimate of drug-likeness (QED) is 0.377. The first-order valence-corrected chi connectivity index (χ1v) is 3.99. The van der Waals surface area contributed by atoms with Crippen LogP contribution in [0.5, 0.6) is 0 Å². The first kappa shape index (κ1) is 7.49. The Kier molecular flexibility index (Phi) is 1.47. The molecule has 4 nitrogen and oxygen atoms in total. The first-order valence-electron chi connectivity index (χ1n) is 3.99. The third-order valence-electron chi connectivity index (χ3n) is 2.75. The second kappa shape index (κ2) is 2.17. The Hall–Kier alpha value is -0.160. The second-order valence-electron chi connectivity index (χ2n) is 3.45. The summed E-state index contributed by atoms with van der Waals surface area (Å²) < 4.78 is 0. The molecule has 0 aromatic heterocycles. The molecule has 2 aliphatic rings. The minimum Gasteiger partial charge on any atom is -0.386 e. The summed E-state index contributed by atoms with van der Waals surface area (Å²) in [4.78, 5) is 1.94. The van der Waals surface area contributed by atoms with Crippen LogP contribution in [-0.2, 0) is 0 Å². The van der Waals surface area contributed by atoms with Crippen LogP contribution in [0.4, 0.5) is 0 Å². The van der Waals surface area contributed by atoms with Crippen LogP contribution in [0, 0.1) is 0 Å². The summed E-state index contributed by atoms with van der Waals surface area (Å²) in [6.07, 6.45) is 0.789. The summed E-state index contributed by atoms with van der Waals surface area (Å²) in [6.45, 7) is 1.28. The average Bonchev–Trinajstić information content (AvgIpc) is 2.41. The van der Waals surface area contributed by atoms with Crippen molar-refractivity contribution in [1.82, 2.24) is 4.90 Å². The van der Waals surface area contributed by atoms with E-state index in [2.05, 4.69) is 0 Å². The number of fused-ring (bicyclic) bond motifs is 1. The Balaban J connectivity index is 2.20. The van der Waals surface area contributed by atoms with Gasteiger partial charge in [-0.15, -0.1) is 0 Å². The van der Waals surface area contributed by atoms with Gasteiger partial charge in [0.25, 0.3) is 0 Å². The van der Waals surface area contributed by atoms with E-state index in [-0.39, 0.29) is 6.04 Å². The van der Waals surface area contributed by atoms with Gasteiger partial charge >= 0.3 is 0 Å². The lowest BCUT2D eigenvalue weighted by atomic mass is 10.0. The normalized spacial score (nSPS) is 42.8. The van der Waals surface area contributed by atoms with Gasteiger partial charge in [-0.2, -0.15) is 0 Å². The summed E-state index contributed by atoms with van der Waals surface area (Å²) >= 11 is 0. The van der Waals surface area contributed by atoms with Gasteiger partial charge in [0, 0.05) is 6.54 Å². The zero-order valence-electron chi connectivity index (χ0n) is 6.27. The number of aliphatic hydroxyl groups excluding tert-OH is 1. The monoisotopic (exact) mass is 159 g/mol. The smallest absolute Gasteiger partial charge is 0.206 e. The molecule has 2 atom stereocenters. The molecule has 2 fully saturated rings. The van der Waals surface area contributed by atoms with Gasteiger partial charge in [0.05, 0.1) is 6.04 Å². The predicted octanol–water partition coefficient (Wildman–Crippen LogP) is -1.49. The van der Waals surface area contributed by atoms with Gasteiger partial charge in [0.15, 0.2) is 0 Å². The fourth-order valence-electron chi connectivity index (χ4n) is 2.10. The molecule has 3 N–H and O–H groups in total. The number of nitrogens with zero attached hydrogens (tertiary/aromatic N) is 1. The Morgan fingerprint density at radius 2 is 2.09 bits per heavy atom. The molecular formula is C7H13NO3. The molecule has 0 aromatic carbocycles. The molecule has 2 unspecified atom stereocenters. The van der Waals surface area contributed by atoms with E-state index in [9.17, 15) is 15.3 Å². The standard InChI is InChI=1S/C7H13NO3/c9-6-4-8-3-1-2-5(8)7(6,10)11/h5-6,9-11H,1-4H2. The SMILES string of the molecule is OC1CN2CCCC2C1(O)O. The van der Waals surface area contributed by atoms with Gasteiger partial charge in [-0.05, 0) is 19.4 Å². The van der Waals surface area contributed by atoms with Crippen LogP contribution >= 0.6 is 0 Å². The molecule has 11 heavy (non-hydrogen) atoms. The van der Waals surface area contributed by atoms with Crippen LogP contribution in [-0.4, -0.2) is 51.2 Å². The van der Waals surface area contributed by atoms with Crippen molar-refractivity contribution in [2.45, 2.75) is 30.8 Å². The second-order valence-corrected chi connectivity index (χ2v) is 3.45. The number of aliphatic hydroxyl groups is 3. The van der Waals surface area contributed by atoms with Gasteiger partial charge in [0.1, 0.15) is 6.10 Å². The zero-order valence-corrected chi connectivity index (χ0v) is 6.27. The molecule has 0 aromatic rings. The fourth-order valence-corrected chi connectivity index (χ4v) is 2.10. The number of hydrogen-bond donors (Lipinski definition) is 3. The summed E-state index contributed by atoms with van der Waals surface area (Å²) in [5.41, 5.74) is 0. The van der Waals surface area contributed by atoms with Crippen molar-refractivity contribution in [3.05, 3.63) is 0 Å². The predicted molar refractivity (Wildman–Crippen MR) is 37.8 cm³/mol. The number of hydrogen-bond acceptors (Lipinski definition) is 4. The lowest BCUT2D eigenvalue weighted by molar-refractivity contribution is -0.218. The molecule has 2 heterocycles. The lowest BCUT2D eigenvalue weighted by Crippen LogP contribution is -2.47. The minimum absolute atomic E-state index is 0.238. The van der Waals surface area contributed by atoms with E-state index >= 15 is 0 Å². The molecule has 0 bridgehead atoms. The van der Waals surface area contributed by atoms with E-state index in [0.29, 0.717) is 6.54 Å². The van der Waals surface area contributed by atoms with E-state index in [0.717, 1.165) is 19.4 Å². The van der Waals surface area contributed by atoms with Gasteiger partial charge in [-0.25, -0.2) is 0 Å². The van der Waals surface area contributed by atoms with E-state index in [1.807, 2.05) is 4.90 Å². The Morgan fingerprint density at radius 3 is 2.73 bits per heavy atom. The first-order chi connectivity index (χ1) is 5.12. The van der Waals surface area contributed by atoms with Crippen molar-refractivity contribution < 1.29 is 15.3 Å². The molecule has 0 amide bonds. The molecule has 0 radical (unpaired) electrons. The molecule has 64 valence electrons.